The molecule has 2 N–H and O–H groups in total. The van der Waals surface area contributed by atoms with Gasteiger partial charge in [0.1, 0.15) is 5.82 Å². The van der Waals surface area contributed by atoms with E-state index in [4.69, 9.17) is 0 Å². The molecule has 0 aliphatic carbocycles. The van der Waals surface area contributed by atoms with E-state index in [-0.39, 0.29) is 11.9 Å². The Labute approximate surface area is 118 Å². The van der Waals surface area contributed by atoms with E-state index < -0.39 is 5.60 Å². The lowest BCUT2D eigenvalue weighted by atomic mass is 9.96. The van der Waals surface area contributed by atoms with Crippen LogP contribution in [0.2, 0.25) is 0 Å². The zero-order valence-corrected chi connectivity index (χ0v) is 12.2. The molecule has 0 aromatic heterocycles. The topological polar surface area (TPSA) is 32.3 Å². The SMILES string of the molecule is CC(Cc1ccc(F)cc1)NCC1(O)CCSCC1. The maximum atomic E-state index is 12.8. The van der Waals surface area contributed by atoms with Crippen LogP contribution in [0.25, 0.3) is 0 Å². The normalized spacial score (nSPS) is 20.2. The predicted octanol–water partition coefficient (Wildman–Crippen LogP) is 2.60. The van der Waals surface area contributed by atoms with Gasteiger partial charge in [0, 0.05) is 12.6 Å². The first kappa shape index (κ1) is 14.8. The molecular formula is C15H22FNOS. The molecule has 19 heavy (non-hydrogen) atoms. The maximum Gasteiger partial charge on any atom is 0.123 e. The zero-order chi connectivity index (χ0) is 13.7. The van der Waals surface area contributed by atoms with Crippen LogP contribution in [0.15, 0.2) is 24.3 Å². The fraction of sp³-hybridized carbons (Fsp3) is 0.600. The van der Waals surface area contributed by atoms with Crippen LogP contribution in [-0.2, 0) is 6.42 Å². The quantitative estimate of drug-likeness (QED) is 0.871. The summed E-state index contributed by atoms with van der Waals surface area (Å²) < 4.78 is 12.8. The van der Waals surface area contributed by atoms with E-state index in [1.807, 2.05) is 23.9 Å². The minimum absolute atomic E-state index is 0.196. The second-order valence-corrected chi connectivity index (χ2v) is 6.67. The molecule has 1 aliphatic heterocycles. The van der Waals surface area contributed by atoms with Crippen molar-refractivity contribution >= 4 is 11.8 Å². The van der Waals surface area contributed by atoms with Crippen LogP contribution in [0.5, 0.6) is 0 Å². The molecule has 1 fully saturated rings. The summed E-state index contributed by atoms with van der Waals surface area (Å²) in [5, 5.41) is 13.8. The molecule has 0 amide bonds. The number of hydrogen-bond donors (Lipinski definition) is 2. The van der Waals surface area contributed by atoms with Gasteiger partial charge in [-0.1, -0.05) is 12.1 Å². The summed E-state index contributed by atoms with van der Waals surface area (Å²) in [6.45, 7) is 2.75. The van der Waals surface area contributed by atoms with E-state index in [0.29, 0.717) is 6.54 Å². The fourth-order valence-corrected chi connectivity index (χ4v) is 3.59. The summed E-state index contributed by atoms with van der Waals surface area (Å²) in [6, 6.07) is 6.91. The third-order valence-electron chi connectivity index (χ3n) is 3.66. The molecule has 4 heteroatoms. The van der Waals surface area contributed by atoms with Gasteiger partial charge in [-0.2, -0.15) is 11.8 Å². The van der Waals surface area contributed by atoms with Crippen molar-refractivity contribution in [3.05, 3.63) is 35.6 Å². The largest absolute Gasteiger partial charge is 0.389 e. The van der Waals surface area contributed by atoms with Gasteiger partial charge < -0.3 is 10.4 Å². The molecule has 0 saturated carbocycles. The Morgan fingerprint density at radius 3 is 2.58 bits per heavy atom. The van der Waals surface area contributed by atoms with Gasteiger partial charge in [-0.05, 0) is 55.4 Å². The van der Waals surface area contributed by atoms with Crippen LogP contribution in [-0.4, -0.2) is 34.8 Å². The summed E-state index contributed by atoms with van der Waals surface area (Å²) in [7, 11) is 0. The molecule has 2 nitrogen and oxygen atoms in total. The van der Waals surface area contributed by atoms with Gasteiger partial charge in [-0.15, -0.1) is 0 Å². The molecule has 2 rings (SSSR count). The van der Waals surface area contributed by atoms with E-state index >= 15 is 0 Å². The van der Waals surface area contributed by atoms with Crippen LogP contribution in [0.1, 0.15) is 25.3 Å². The maximum absolute atomic E-state index is 12.8. The molecule has 1 saturated heterocycles. The van der Waals surface area contributed by atoms with Crippen molar-refractivity contribution in [3.63, 3.8) is 0 Å². The summed E-state index contributed by atoms with van der Waals surface area (Å²) in [6.07, 6.45) is 2.59. The van der Waals surface area contributed by atoms with Crippen LogP contribution in [0, 0.1) is 5.82 Å². The van der Waals surface area contributed by atoms with Gasteiger partial charge in [-0.25, -0.2) is 4.39 Å². The molecule has 1 unspecified atom stereocenters. The Morgan fingerprint density at radius 1 is 1.32 bits per heavy atom. The molecule has 1 aromatic carbocycles. The third-order valence-corrected chi connectivity index (χ3v) is 4.64. The average molecular weight is 283 g/mol. The number of thioether (sulfide) groups is 1. The lowest BCUT2D eigenvalue weighted by molar-refractivity contribution is 0.0301. The summed E-state index contributed by atoms with van der Waals surface area (Å²) in [5.41, 5.74) is 0.579. The lowest BCUT2D eigenvalue weighted by Gasteiger charge is -2.33. The fourth-order valence-electron chi connectivity index (χ4n) is 2.34. The second-order valence-electron chi connectivity index (χ2n) is 5.45. The first-order valence-electron chi connectivity index (χ1n) is 6.85. The molecule has 1 atom stereocenters. The Hall–Kier alpha value is -0.580. The Morgan fingerprint density at radius 2 is 1.95 bits per heavy atom. The molecule has 1 aliphatic rings. The Balaban J connectivity index is 1.77. The van der Waals surface area contributed by atoms with Gasteiger partial charge in [0.05, 0.1) is 5.60 Å². The van der Waals surface area contributed by atoms with E-state index in [9.17, 15) is 9.50 Å². The predicted molar refractivity (Wildman–Crippen MR) is 79.1 cm³/mol. The molecule has 106 valence electrons. The van der Waals surface area contributed by atoms with Gasteiger partial charge in [-0.3, -0.25) is 0 Å². The average Bonchev–Trinajstić information content (AvgIpc) is 2.40. The highest BCUT2D eigenvalue weighted by Crippen LogP contribution is 2.26. The van der Waals surface area contributed by atoms with Crippen molar-refractivity contribution in [2.75, 3.05) is 18.1 Å². The van der Waals surface area contributed by atoms with Gasteiger partial charge in [0.15, 0.2) is 0 Å². The minimum atomic E-state index is -0.539. The Kier molecular flexibility index (Phi) is 5.25. The van der Waals surface area contributed by atoms with Crippen LogP contribution < -0.4 is 5.32 Å². The van der Waals surface area contributed by atoms with Crippen molar-refractivity contribution in [2.45, 2.75) is 37.8 Å². The monoisotopic (exact) mass is 283 g/mol. The van der Waals surface area contributed by atoms with Gasteiger partial charge >= 0.3 is 0 Å². The number of rotatable bonds is 5. The number of benzene rings is 1. The third kappa shape index (κ3) is 4.79. The highest BCUT2D eigenvalue weighted by atomic mass is 32.2. The van der Waals surface area contributed by atoms with Crippen LogP contribution in [0.3, 0.4) is 0 Å². The van der Waals surface area contributed by atoms with Gasteiger partial charge in [0.25, 0.3) is 0 Å². The molecule has 1 aromatic rings. The second kappa shape index (κ2) is 6.73. The summed E-state index contributed by atoms with van der Waals surface area (Å²) in [4.78, 5) is 0. The minimum Gasteiger partial charge on any atom is -0.389 e. The Bertz CT molecular complexity index is 390. The van der Waals surface area contributed by atoms with Crippen LogP contribution in [0.4, 0.5) is 4.39 Å². The van der Waals surface area contributed by atoms with Crippen molar-refractivity contribution in [3.8, 4) is 0 Å². The first-order chi connectivity index (χ1) is 9.07. The van der Waals surface area contributed by atoms with Crippen LogP contribution >= 0.6 is 11.8 Å². The number of halogens is 1. The van der Waals surface area contributed by atoms with Crippen molar-refractivity contribution in [1.29, 1.82) is 0 Å². The number of nitrogens with one attached hydrogen (secondary N) is 1. The highest BCUT2D eigenvalue weighted by molar-refractivity contribution is 7.99. The smallest absolute Gasteiger partial charge is 0.123 e. The first-order valence-corrected chi connectivity index (χ1v) is 8.01. The van der Waals surface area contributed by atoms with Crippen molar-refractivity contribution < 1.29 is 9.50 Å². The summed E-state index contributed by atoms with van der Waals surface area (Å²) in [5.74, 6) is 1.90. The lowest BCUT2D eigenvalue weighted by Crippen LogP contribution is -2.46. The van der Waals surface area contributed by atoms with Gasteiger partial charge in [0.2, 0.25) is 0 Å². The molecule has 0 radical (unpaired) electrons. The number of hydrogen-bond acceptors (Lipinski definition) is 3. The molecule has 0 spiro atoms. The molecular weight excluding hydrogens is 261 g/mol. The van der Waals surface area contributed by atoms with E-state index in [0.717, 1.165) is 36.3 Å². The number of aliphatic hydroxyl groups is 1. The van der Waals surface area contributed by atoms with E-state index in [1.165, 1.54) is 12.1 Å². The molecule has 1 heterocycles. The highest BCUT2D eigenvalue weighted by Gasteiger charge is 2.29. The van der Waals surface area contributed by atoms with Crippen molar-refractivity contribution in [2.24, 2.45) is 0 Å². The zero-order valence-electron chi connectivity index (χ0n) is 11.4. The summed E-state index contributed by atoms with van der Waals surface area (Å²) >= 11 is 1.91. The van der Waals surface area contributed by atoms with Crippen molar-refractivity contribution in [1.82, 2.24) is 5.32 Å². The van der Waals surface area contributed by atoms with E-state index in [2.05, 4.69) is 12.2 Å². The molecule has 0 bridgehead atoms. The standard InChI is InChI=1S/C15H22FNOS/c1-12(10-13-2-4-14(16)5-3-13)17-11-15(18)6-8-19-9-7-15/h2-5,12,17-18H,6-11H2,1H3. The van der Waals surface area contributed by atoms with E-state index in [1.54, 1.807) is 0 Å².